The van der Waals surface area contributed by atoms with E-state index in [2.05, 4.69) is 40.1 Å². The number of nitrogen functional groups attached to an aromatic ring is 1. The Hall–Kier alpha value is -3.15. The van der Waals surface area contributed by atoms with Crippen LogP contribution in [0, 0.1) is 0 Å². The Morgan fingerprint density at radius 2 is 1.08 bits per heavy atom. The molecule has 52 heavy (non-hydrogen) atoms. The summed E-state index contributed by atoms with van der Waals surface area (Å²) in [7, 11) is 0. The van der Waals surface area contributed by atoms with Gasteiger partial charge in [0.05, 0.1) is 37.8 Å². The van der Waals surface area contributed by atoms with E-state index in [4.69, 9.17) is 50.0 Å². The van der Waals surface area contributed by atoms with Crippen LogP contribution >= 0.6 is 57.5 Å². The summed E-state index contributed by atoms with van der Waals surface area (Å²) in [6.07, 6.45) is 0. The molecule has 0 aliphatic carbocycles. The Morgan fingerprint density at radius 1 is 0.615 bits per heavy atom. The van der Waals surface area contributed by atoms with E-state index in [-0.39, 0.29) is 31.0 Å². The Kier molecular flexibility index (Phi) is 15.7. The maximum Gasteiger partial charge on any atom is 1.00 e. The van der Waals surface area contributed by atoms with Gasteiger partial charge in [-0.25, -0.2) is 24.9 Å². The smallest absolute Gasteiger partial charge is 1.00 e. The zero-order valence-corrected chi connectivity index (χ0v) is 34.1. The first-order valence-electron chi connectivity index (χ1n) is 15.8. The summed E-state index contributed by atoms with van der Waals surface area (Å²) in [5.74, 6) is 1.82. The third-order valence-corrected chi connectivity index (χ3v) is 9.34. The van der Waals surface area contributed by atoms with Crippen LogP contribution in [0.15, 0.2) is 83.6 Å². The summed E-state index contributed by atoms with van der Waals surface area (Å²) in [6.45, 7) is 5.79. The third kappa shape index (κ3) is 11.9. The molecule has 0 unspecified atom stereocenters. The van der Waals surface area contributed by atoms with Crippen LogP contribution in [0.3, 0.4) is 0 Å². The third-order valence-electron chi connectivity index (χ3n) is 7.32. The number of aromatic nitrogens is 6. The van der Waals surface area contributed by atoms with Gasteiger partial charge < -0.3 is 31.8 Å². The van der Waals surface area contributed by atoms with Crippen molar-refractivity contribution in [3.8, 4) is 22.5 Å². The molecule has 3 N–H and O–H groups in total. The number of benzene rings is 2. The molecule has 8 rings (SSSR count). The maximum absolute atomic E-state index is 6.17. The van der Waals surface area contributed by atoms with Crippen molar-refractivity contribution < 1.29 is 40.5 Å². The van der Waals surface area contributed by atoms with Gasteiger partial charge in [0, 0.05) is 60.2 Å². The second-order valence-corrected chi connectivity index (χ2v) is 13.8. The number of thiazole rings is 2. The molecule has 0 amide bonds. The van der Waals surface area contributed by atoms with Gasteiger partial charge in [-0.05, 0) is 0 Å². The number of halogens is 3. The summed E-state index contributed by atoms with van der Waals surface area (Å²) in [4.78, 5) is 29.9. The second-order valence-electron chi connectivity index (χ2n) is 10.9. The first kappa shape index (κ1) is 40.0. The topological polar surface area (TPSA) is 140 Å². The fraction of sp³-hybridized carbons (Fsp3) is 0.235. The van der Waals surface area contributed by atoms with Gasteiger partial charge in [0.2, 0.25) is 11.9 Å². The molecule has 12 nitrogen and oxygen atoms in total. The number of hydrogen-bond acceptors (Lipinski definition) is 14. The van der Waals surface area contributed by atoms with E-state index in [0.717, 1.165) is 53.8 Å². The van der Waals surface area contributed by atoms with Crippen molar-refractivity contribution in [2.75, 3.05) is 73.5 Å². The van der Waals surface area contributed by atoms with Crippen molar-refractivity contribution in [3.63, 3.8) is 0 Å². The summed E-state index contributed by atoms with van der Waals surface area (Å²) in [5.41, 5.74) is 9.61. The number of rotatable bonds is 6. The van der Waals surface area contributed by atoms with E-state index in [9.17, 15) is 0 Å². The molecule has 6 aromatic rings. The van der Waals surface area contributed by atoms with Gasteiger partial charge in [0.15, 0.2) is 10.3 Å². The standard InChI is InChI=1S/C17H16ClN5OS.C9H8N2S.C8H9Cl2N3O.Na.H/c18-14-10-15(21-16(20-14)23-6-8-24-9-7-23)22-17-19-13(11-25-17)12-4-2-1-3-5-12;10-9-11-8(6-12-9)7-4-2-1-3-5-7;9-6-5-7(10)12-8(11-6)13-1-3-14-4-2-13;;/h1-5,10-11H,6-9H2,(H,19,20,21,22);1-6H,(H2,10,11);5H,1-4H2;;/q;;;+1;-1. The number of nitrogens with zero attached hydrogens (tertiary/aromatic N) is 8. The number of ether oxygens (including phenoxy) is 2. The molecule has 2 aliphatic rings. The molecule has 0 saturated carbocycles. The van der Waals surface area contributed by atoms with Gasteiger partial charge in [0.25, 0.3) is 0 Å². The number of nitrogens with two attached hydrogens (primary N) is 1. The SMILES string of the molecule is Clc1cc(Cl)nc(N2CCOCC2)n1.Clc1cc(Nc2nc(-c3ccccc3)cs2)nc(N2CCOCC2)n1.Nc1nc(-c2ccccc2)cs1.[H-].[Na+]. The van der Waals surface area contributed by atoms with Gasteiger partial charge in [-0.2, -0.15) is 4.98 Å². The molecular weight excluding hydrogens is 774 g/mol. The largest absolute Gasteiger partial charge is 1.00 e. The summed E-state index contributed by atoms with van der Waals surface area (Å²) >= 11 is 20.7. The first-order valence-corrected chi connectivity index (χ1v) is 18.7. The molecule has 0 spiro atoms. The molecule has 2 saturated heterocycles. The molecule has 0 atom stereocenters. The fourth-order valence-electron chi connectivity index (χ4n) is 4.87. The second kappa shape index (κ2) is 20.3. The van der Waals surface area contributed by atoms with Crippen molar-refractivity contribution in [2.24, 2.45) is 0 Å². The maximum atomic E-state index is 6.17. The monoisotopic (exact) mass is 806 g/mol. The summed E-state index contributed by atoms with van der Waals surface area (Å²) in [5, 5.41) is 9.73. The van der Waals surface area contributed by atoms with E-state index in [1.54, 1.807) is 6.07 Å². The van der Waals surface area contributed by atoms with E-state index in [1.807, 2.05) is 76.3 Å². The van der Waals surface area contributed by atoms with Gasteiger partial charge in [-0.3, -0.25) is 0 Å². The normalized spacial score (nSPS) is 13.9. The van der Waals surface area contributed by atoms with E-state index in [0.29, 0.717) is 64.7 Å². The molecule has 266 valence electrons. The minimum absolute atomic E-state index is 0. The number of nitrogens with one attached hydrogen (secondary N) is 1. The molecule has 2 fully saturated rings. The molecule has 18 heteroatoms. The molecule has 0 radical (unpaired) electrons. The average molecular weight is 808 g/mol. The Morgan fingerprint density at radius 3 is 1.58 bits per heavy atom. The van der Waals surface area contributed by atoms with Crippen LogP contribution in [0.1, 0.15) is 1.43 Å². The van der Waals surface area contributed by atoms with Crippen molar-refractivity contribution in [3.05, 3.63) is 99.0 Å². The molecule has 0 bridgehead atoms. The number of anilines is 5. The van der Waals surface area contributed by atoms with E-state index < -0.39 is 0 Å². The molecule has 6 heterocycles. The van der Waals surface area contributed by atoms with Gasteiger partial charge in [-0.1, -0.05) is 95.5 Å². The quantitative estimate of drug-likeness (QED) is 0.174. The zero-order chi connectivity index (χ0) is 35.4. The predicted molar refractivity (Wildman–Crippen MR) is 209 cm³/mol. The van der Waals surface area contributed by atoms with Gasteiger partial charge in [0.1, 0.15) is 21.3 Å². The number of hydrogen-bond donors (Lipinski definition) is 2. The minimum Gasteiger partial charge on any atom is -1.00 e. The predicted octanol–water partition coefficient (Wildman–Crippen LogP) is 4.96. The average Bonchev–Trinajstić information content (AvgIpc) is 3.82. The van der Waals surface area contributed by atoms with Crippen molar-refractivity contribution in [1.29, 1.82) is 0 Å². The molecular formula is C34H34Cl3N10NaO2S2. The Bertz CT molecular complexity index is 1970. The van der Waals surface area contributed by atoms with Crippen LogP contribution in [-0.4, -0.2) is 82.5 Å². The van der Waals surface area contributed by atoms with Gasteiger partial charge >= 0.3 is 29.6 Å². The van der Waals surface area contributed by atoms with Crippen LogP contribution in [0.25, 0.3) is 22.5 Å². The summed E-state index contributed by atoms with van der Waals surface area (Å²) < 4.78 is 10.6. The fourth-order valence-corrected chi connectivity index (χ4v) is 6.76. The van der Waals surface area contributed by atoms with Crippen molar-refractivity contribution in [2.45, 2.75) is 0 Å². The zero-order valence-electron chi connectivity index (χ0n) is 29.2. The number of morpholine rings is 2. The first-order chi connectivity index (χ1) is 24.9. The van der Waals surface area contributed by atoms with Crippen LogP contribution in [0.2, 0.25) is 15.5 Å². The van der Waals surface area contributed by atoms with Gasteiger partial charge in [-0.15, -0.1) is 22.7 Å². The molecule has 4 aromatic heterocycles. The minimum atomic E-state index is 0. The molecule has 2 aliphatic heterocycles. The van der Waals surface area contributed by atoms with Crippen LogP contribution in [-0.2, 0) is 9.47 Å². The summed E-state index contributed by atoms with van der Waals surface area (Å²) in [6, 6.07) is 23.3. The van der Waals surface area contributed by atoms with E-state index in [1.165, 1.54) is 28.7 Å². The van der Waals surface area contributed by atoms with Crippen LogP contribution in [0.5, 0.6) is 0 Å². The Balaban J connectivity index is 0.000000191. The van der Waals surface area contributed by atoms with Crippen LogP contribution in [0.4, 0.5) is 28.0 Å². The van der Waals surface area contributed by atoms with Crippen molar-refractivity contribution in [1.82, 2.24) is 29.9 Å². The Labute approximate surface area is 348 Å². The van der Waals surface area contributed by atoms with E-state index >= 15 is 0 Å². The molecule has 2 aromatic carbocycles. The van der Waals surface area contributed by atoms with Crippen LogP contribution < -0.4 is 50.4 Å². The van der Waals surface area contributed by atoms with Crippen molar-refractivity contribution >= 4 is 85.5 Å².